The largest absolute Gasteiger partial charge is 0.318 e. The molecule has 6 nitrogen and oxygen atoms in total. The van der Waals surface area contributed by atoms with E-state index in [9.17, 15) is 4.79 Å². The van der Waals surface area contributed by atoms with Gasteiger partial charge in [0.1, 0.15) is 5.82 Å². The van der Waals surface area contributed by atoms with E-state index < -0.39 is 0 Å². The Morgan fingerprint density at radius 3 is 2.70 bits per heavy atom. The molecule has 1 fully saturated rings. The highest BCUT2D eigenvalue weighted by atomic mass is 16.2. The highest BCUT2D eigenvalue weighted by Gasteiger charge is 2.48. The first-order chi connectivity index (χ1) is 13.2. The third kappa shape index (κ3) is 2.42. The molecule has 2 aromatic rings. The smallest absolute Gasteiger partial charge is 0.280 e. The number of aryl methyl sites for hydroxylation is 1. The third-order valence-corrected chi connectivity index (χ3v) is 6.09. The van der Waals surface area contributed by atoms with Gasteiger partial charge in [0, 0.05) is 20.0 Å². The number of hydrogen-bond donors (Lipinski definition) is 0. The van der Waals surface area contributed by atoms with E-state index in [4.69, 9.17) is 9.98 Å². The van der Waals surface area contributed by atoms with Crippen molar-refractivity contribution in [1.29, 1.82) is 0 Å². The van der Waals surface area contributed by atoms with E-state index >= 15 is 0 Å². The van der Waals surface area contributed by atoms with Crippen LogP contribution in [-0.2, 0) is 13.0 Å². The second-order valence-electron chi connectivity index (χ2n) is 7.71. The monoisotopic (exact) mass is 363 g/mol. The number of rotatable bonds is 3. The van der Waals surface area contributed by atoms with Gasteiger partial charge in [-0.2, -0.15) is 0 Å². The molecular weight excluding hydrogens is 338 g/mol. The van der Waals surface area contributed by atoms with Crippen molar-refractivity contribution in [3.05, 3.63) is 47.4 Å². The first-order valence-electron chi connectivity index (χ1n) is 9.97. The zero-order valence-electron chi connectivity index (χ0n) is 15.9. The summed E-state index contributed by atoms with van der Waals surface area (Å²) in [7, 11) is 1.85. The standard InChI is InChI=1S/C21H25N5O/c1-3-17-23-19-18(25(17)13-14-9-5-4-6-10-14)20(27)24(2)21-22-15-11-7-8-12-16(15)26(19)21/h4-6,9-10,15-16H,3,7-8,11-13H2,1-2H3/t15-,16+/m1/s1. The van der Waals surface area contributed by atoms with Crippen molar-refractivity contribution in [3.8, 4) is 0 Å². The second kappa shape index (κ2) is 6.22. The summed E-state index contributed by atoms with van der Waals surface area (Å²) in [5.41, 5.74) is 1.89. The average molecular weight is 363 g/mol. The number of carbonyl (C=O) groups is 1. The second-order valence-corrected chi connectivity index (χ2v) is 7.71. The molecule has 1 amide bonds. The van der Waals surface area contributed by atoms with E-state index in [2.05, 4.69) is 28.5 Å². The number of amides is 1. The molecule has 27 heavy (non-hydrogen) atoms. The predicted octanol–water partition coefficient (Wildman–Crippen LogP) is 3.07. The van der Waals surface area contributed by atoms with Crippen LogP contribution >= 0.6 is 0 Å². The molecule has 0 N–H and O–H groups in total. The van der Waals surface area contributed by atoms with Gasteiger partial charge in [0.25, 0.3) is 5.91 Å². The molecule has 2 aliphatic heterocycles. The van der Waals surface area contributed by atoms with Gasteiger partial charge in [0.05, 0.1) is 12.1 Å². The van der Waals surface area contributed by atoms with Crippen molar-refractivity contribution in [3.63, 3.8) is 0 Å². The average Bonchev–Trinajstić information content (AvgIpc) is 3.25. The number of imidazole rings is 1. The number of guanidine groups is 1. The van der Waals surface area contributed by atoms with E-state index in [1.807, 2.05) is 25.2 Å². The fourth-order valence-corrected chi connectivity index (χ4v) is 4.72. The Morgan fingerprint density at radius 1 is 1.15 bits per heavy atom. The van der Waals surface area contributed by atoms with Crippen molar-refractivity contribution in [1.82, 2.24) is 14.5 Å². The van der Waals surface area contributed by atoms with Crippen LogP contribution in [0.25, 0.3) is 0 Å². The lowest BCUT2D eigenvalue weighted by Gasteiger charge is -2.36. The Hall–Kier alpha value is -2.63. The molecule has 1 aromatic carbocycles. The molecule has 1 saturated carbocycles. The molecule has 0 spiro atoms. The number of fused-ring (bicyclic) bond motifs is 5. The summed E-state index contributed by atoms with van der Waals surface area (Å²) in [6.45, 7) is 2.77. The minimum Gasteiger partial charge on any atom is -0.318 e. The Labute approximate surface area is 159 Å². The zero-order chi connectivity index (χ0) is 18.5. The summed E-state index contributed by atoms with van der Waals surface area (Å²) in [4.78, 5) is 27.1. The van der Waals surface area contributed by atoms with E-state index in [1.165, 1.54) is 18.4 Å². The number of aliphatic imine (C=N–C) groups is 1. The molecule has 0 bridgehead atoms. The minimum absolute atomic E-state index is 0.00165. The zero-order valence-corrected chi connectivity index (χ0v) is 15.9. The van der Waals surface area contributed by atoms with E-state index in [0.717, 1.165) is 36.9 Å². The predicted molar refractivity (Wildman–Crippen MR) is 105 cm³/mol. The number of nitrogens with zero attached hydrogens (tertiary/aromatic N) is 5. The Balaban J connectivity index is 1.64. The van der Waals surface area contributed by atoms with Gasteiger partial charge in [-0.15, -0.1) is 0 Å². The molecule has 0 radical (unpaired) electrons. The first kappa shape index (κ1) is 16.5. The van der Waals surface area contributed by atoms with Gasteiger partial charge < -0.3 is 4.57 Å². The molecule has 1 aromatic heterocycles. The minimum atomic E-state index is 0.00165. The first-order valence-corrected chi connectivity index (χ1v) is 9.97. The summed E-state index contributed by atoms with van der Waals surface area (Å²) in [6.07, 6.45) is 5.46. The molecule has 5 rings (SSSR count). The van der Waals surface area contributed by atoms with Crippen LogP contribution in [0.1, 0.15) is 54.5 Å². The summed E-state index contributed by atoms with van der Waals surface area (Å²) in [5.74, 6) is 2.57. The van der Waals surface area contributed by atoms with Crippen LogP contribution in [0.5, 0.6) is 0 Å². The Morgan fingerprint density at radius 2 is 1.93 bits per heavy atom. The molecule has 2 atom stereocenters. The quantitative estimate of drug-likeness (QED) is 0.842. The van der Waals surface area contributed by atoms with Crippen LogP contribution in [0.4, 0.5) is 5.82 Å². The summed E-state index contributed by atoms with van der Waals surface area (Å²) >= 11 is 0. The van der Waals surface area contributed by atoms with E-state index in [0.29, 0.717) is 24.3 Å². The molecule has 6 heteroatoms. The van der Waals surface area contributed by atoms with Gasteiger partial charge in [-0.1, -0.05) is 50.1 Å². The van der Waals surface area contributed by atoms with Gasteiger partial charge in [-0.25, -0.2) is 9.98 Å². The molecular formula is C21H25N5O. The van der Waals surface area contributed by atoms with Crippen LogP contribution in [0.2, 0.25) is 0 Å². The lowest BCUT2D eigenvalue weighted by atomic mass is 9.90. The van der Waals surface area contributed by atoms with Crippen molar-refractivity contribution in [2.45, 2.75) is 57.7 Å². The van der Waals surface area contributed by atoms with Crippen molar-refractivity contribution in [2.24, 2.45) is 4.99 Å². The highest BCUT2D eigenvalue weighted by molar-refractivity contribution is 6.18. The fraction of sp³-hybridized carbons (Fsp3) is 0.476. The molecule has 0 saturated heterocycles. The van der Waals surface area contributed by atoms with Crippen molar-refractivity contribution < 1.29 is 4.79 Å². The summed E-state index contributed by atoms with van der Waals surface area (Å²) in [5, 5.41) is 0. The Kier molecular flexibility index (Phi) is 3.81. The maximum absolute atomic E-state index is 13.3. The van der Waals surface area contributed by atoms with Gasteiger partial charge in [0.2, 0.25) is 5.96 Å². The van der Waals surface area contributed by atoms with Gasteiger partial charge in [-0.3, -0.25) is 14.6 Å². The van der Waals surface area contributed by atoms with E-state index in [1.54, 1.807) is 4.90 Å². The van der Waals surface area contributed by atoms with Crippen LogP contribution < -0.4 is 4.90 Å². The molecule has 140 valence electrons. The maximum atomic E-state index is 13.3. The van der Waals surface area contributed by atoms with Crippen LogP contribution in [0.15, 0.2) is 35.3 Å². The van der Waals surface area contributed by atoms with Crippen LogP contribution in [-0.4, -0.2) is 45.4 Å². The molecule has 3 aliphatic rings. The normalized spacial score (nSPS) is 23.8. The van der Waals surface area contributed by atoms with Gasteiger partial charge >= 0.3 is 0 Å². The lowest BCUT2D eigenvalue weighted by Crippen LogP contribution is -2.52. The van der Waals surface area contributed by atoms with Crippen molar-refractivity contribution >= 4 is 17.7 Å². The van der Waals surface area contributed by atoms with Gasteiger partial charge in [0.15, 0.2) is 11.5 Å². The van der Waals surface area contributed by atoms with Crippen LogP contribution in [0.3, 0.4) is 0 Å². The SMILES string of the molecule is CCc1nc2c(n1Cc1ccccc1)C(=O)N(C)C1=N[C@@H]3CCCC[C@@H]3N12. The highest BCUT2D eigenvalue weighted by Crippen LogP contribution is 2.39. The fourth-order valence-electron chi connectivity index (χ4n) is 4.72. The number of benzene rings is 1. The molecule has 1 aliphatic carbocycles. The molecule has 0 unspecified atom stereocenters. The third-order valence-electron chi connectivity index (χ3n) is 6.09. The van der Waals surface area contributed by atoms with Crippen molar-refractivity contribution in [2.75, 3.05) is 11.9 Å². The lowest BCUT2D eigenvalue weighted by molar-refractivity contribution is 0.0854. The topological polar surface area (TPSA) is 53.7 Å². The number of hydrogen-bond acceptors (Lipinski definition) is 4. The summed E-state index contributed by atoms with van der Waals surface area (Å²) in [6, 6.07) is 10.9. The Bertz CT molecular complexity index is 916. The molecule has 3 heterocycles. The summed E-state index contributed by atoms with van der Waals surface area (Å²) < 4.78 is 2.11. The number of aromatic nitrogens is 2. The van der Waals surface area contributed by atoms with Gasteiger partial charge in [-0.05, 0) is 18.4 Å². The number of carbonyl (C=O) groups excluding carboxylic acids is 1. The van der Waals surface area contributed by atoms with Crippen LogP contribution in [0, 0.1) is 0 Å². The maximum Gasteiger partial charge on any atom is 0.280 e. The number of anilines is 1. The van der Waals surface area contributed by atoms with E-state index in [-0.39, 0.29) is 5.91 Å².